The quantitative estimate of drug-likeness (QED) is 0.519. The Bertz CT molecular complexity index is 401. The minimum atomic E-state index is -0.515. The number of halogens is 3. The van der Waals surface area contributed by atoms with Crippen LogP contribution >= 0.6 is 47.8 Å². The number of carbonyl (C=O) groups excluding carboxylic acids is 2. The zero-order valence-corrected chi connectivity index (χ0v) is 14.2. The van der Waals surface area contributed by atoms with Crippen LogP contribution in [0.3, 0.4) is 0 Å². The van der Waals surface area contributed by atoms with Gasteiger partial charge in [-0.25, -0.2) is 0 Å². The molecule has 4 nitrogen and oxygen atoms in total. The van der Waals surface area contributed by atoms with Gasteiger partial charge in [0.1, 0.15) is 0 Å². The van der Waals surface area contributed by atoms with Crippen molar-refractivity contribution in [3.63, 3.8) is 0 Å². The zero-order valence-electron chi connectivity index (χ0n) is 9.44. The Balaban J connectivity index is 1.84. The maximum absolute atomic E-state index is 11.9. The summed E-state index contributed by atoms with van der Waals surface area (Å²) in [5, 5.41) is 0. The smallest absolute Gasteiger partial charge is 0.246 e. The molecule has 0 bridgehead atoms. The highest BCUT2D eigenvalue weighted by Gasteiger charge is 2.67. The van der Waals surface area contributed by atoms with Crippen molar-refractivity contribution in [1.82, 2.24) is 10.9 Å². The lowest BCUT2D eigenvalue weighted by Crippen LogP contribution is -2.48. The summed E-state index contributed by atoms with van der Waals surface area (Å²) >= 11 is 10.2. The number of carbonyl (C=O) groups is 2. The second-order valence-corrected chi connectivity index (χ2v) is 10.1. The number of rotatable bonds is 2. The van der Waals surface area contributed by atoms with Crippen LogP contribution in [0.2, 0.25) is 0 Å². The Kier molecular flexibility index (Phi) is 3.19. The molecule has 2 fully saturated rings. The molecule has 2 rings (SSSR count). The van der Waals surface area contributed by atoms with Crippen molar-refractivity contribution in [1.29, 1.82) is 0 Å². The molecule has 0 aromatic heterocycles. The van der Waals surface area contributed by atoms with Gasteiger partial charge in [0.2, 0.25) is 11.8 Å². The molecule has 0 radical (unpaired) electrons. The Morgan fingerprint density at radius 1 is 1.18 bits per heavy atom. The Morgan fingerprint density at radius 2 is 1.59 bits per heavy atom. The van der Waals surface area contributed by atoms with Gasteiger partial charge in [-0.2, -0.15) is 0 Å². The highest BCUT2D eigenvalue weighted by Crippen LogP contribution is 2.66. The predicted octanol–water partition coefficient (Wildman–Crippen LogP) is 2.20. The first-order valence-electron chi connectivity index (χ1n) is 5.26. The fraction of sp³-hybridized carbons (Fsp3) is 0.800. The van der Waals surface area contributed by atoms with Gasteiger partial charge in [-0.1, -0.05) is 47.8 Å². The molecule has 3 atom stereocenters. The number of amides is 2. The Morgan fingerprint density at radius 3 is 1.94 bits per heavy atom. The van der Waals surface area contributed by atoms with Crippen molar-refractivity contribution in [2.45, 2.75) is 34.7 Å². The molecule has 2 aliphatic carbocycles. The van der Waals surface area contributed by atoms with Crippen LogP contribution < -0.4 is 10.9 Å². The highest BCUT2D eigenvalue weighted by molar-refractivity contribution is 9.25. The molecule has 0 aromatic carbocycles. The minimum absolute atomic E-state index is 0.147. The summed E-state index contributed by atoms with van der Waals surface area (Å²) in [6, 6.07) is 0. The fourth-order valence-corrected chi connectivity index (χ4v) is 3.95. The lowest BCUT2D eigenvalue weighted by molar-refractivity contribution is -0.133. The summed E-state index contributed by atoms with van der Waals surface area (Å²) in [7, 11) is 0. The van der Waals surface area contributed by atoms with Crippen molar-refractivity contribution in [2.75, 3.05) is 0 Å². The van der Waals surface area contributed by atoms with E-state index < -0.39 is 10.8 Å². The first kappa shape index (κ1) is 13.8. The summed E-state index contributed by atoms with van der Waals surface area (Å²) in [4.78, 5) is 23.9. The van der Waals surface area contributed by atoms with E-state index in [1.807, 2.05) is 13.8 Å². The normalized spacial score (nSPS) is 41.6. The summed E-state index contributed by atoms with van der Waals surface area (Å²) in [6.45, 7) is 3.70. The third-order valence-corrected chi connectivity index (χ3v) is 7.35. The van der Waals surface area contributed by atoms with Crippen molar-refractivity contribution < 1.29 is 9.59 Å². The van der Waals surface area contributed by atoms with E-state index in [0.717, 1.165) is 6.42 Å². The van der Waals surface area contributed by atoms with Gasteiger partial charge in [0.15, 0.2) is 0 Å². The molecule has 0 aliphatic heterocycles. The summed E-state index contributed by atoms with van der Waals surface area (Å²) < 4.78 is -0.344. The van der Waals surface area contributed by atoms with Crippen molar-refractivity contribution in [2.24, 2.45) is 10.8 Å². The van der Waals surface area contributed by atoms with Crippen LogP contribution in [0.1, 0.15) is 26.7 Å². The zero-order chi connectivity index (χ0) is 13.1. The van der Waals surface area contributed by atoms with E-state index in [-0.39, 0.29) is 19.9 Å². The van der Waals surface area contributed by atoms with E-state index in [2.05, 4.69) is 58.6 Å². The van der Waals surface area contributed by atoms with Crippen molar-refractivity contribution in [3.05, 3.63) is 0 Å². The molecule has 7 heteroatoms. The molecule has 0 heterocycles. The predicted molar refractivity (Wildman–Crippen MR) is 75.0 cm³/mol. The molecule has 96 valence electrons. The van der Waals surface area contributed by atoms with Crippen LogP contribution in [0.4, 0.5) is 0 Å². The molecule has 0 saturated heterocycles. The number of nitrogens with one attached hydrogen (secondary N) is 2. The number of hydrazine groups is 1. The van der Waals surface area contributed by atoms with E-state index in [9.17, 15) is 9.59 Å². The van der Waals surface area contributed by atoms with Crippen molar-refractivity contribution >= 4 is 59.6 Å². The molecule has 2 aliphatic rings. The average molecular weight is 433 g/mol. The van der Waals surface area contributed by atoms with Gasteiger partial charge in [-0.3, -0.25) is 20.4 Å². The van der Waals surface area contributed by atoms with Crippen LogP contribution in [-0.2, 0) is 9.59 Å². The number of hydrogen-bond donors (Lipinski definition) is 2. The molecule has 0 aromatic rings. The monoisotopic (exact) mass is 430 g/mol. The van der Waals surface area contributed by atoms with E-state index in [1.165, 1.54) is 0 Å². The van der Waals surface area contributed by atoms with Gasteiger partial charge in [0.05, 0.1) is 14.1 Å². The molecule has 0 spiro atoms. The second-order valence-electron chi connectivity index (χ2n) is 5.21. The average Bonchev–Trinajstić information content (AvgIpc) is 2.99. The molecule has 3 unspecified atom stereocenters. The molecule has 2 amide bonds. The van der Waals surface area contributed by atoms with Crippen LogP contribution in [0.25, 0.3) is 0 Å². The van der Waals surface area contributed by atoms with E-state index in [0.29, 0.717) is 6.42 Å². The van der Waals surface area contributed by atoms with E-state index in [1.54, 1.807) is 0 Å². The standard InChI is InChI=1S/C10H13Br3N2O2/c1-8(3-5(8)11)6(16)14-15-7(17)9(2)4-10(9,12)13/h5H,3-4H2,1-2H3,(H,14,16)(H,15,17). The highest BCUT2D eigenvalue weighted by atomic mass is 79.9. The van der Waals surface area contributed by atoms with Gasteiger partial charge in [0.25, 0.3) is 0 Å². The number of hydrogen-bond acceptors (Lipinski definition) is 2. The third kappa shape index (κ3) is 2.18. The molecule has 2 N–H and O–H groups in total. The third-order valence-electron chi connectivity index (χ3n) is 3.70. The van der Waals surface area contributed by atoms with Crippen LogP contribution in [-0.4, -0.2) is 19.9 Å². The largest absolute Gasteiger partial charge is 0.273 e. The SMILES string of the molecule is CC1(C(=O)NNC(=O)C2(C)CC2(Br)Br)CC1Br. The second kappa shape index (κ2) is 3.93. The van der Waals surface area contributed by atoms with Gasteiger partial charge in [-0.05, 0) is 26.7 Å². The number of alkyl halides is 3. The van der Waals surface area contributed by atoms with Crippen LogP contribution in [0, 0.1) is 10.8 Å². The van der Waals surface area contributed by atoms with E-state index in [4.69, 9.17) is 0 Å². The summed E-state index contributed by atoms with van der Waals surface area (Å²) in [5.41, 5.74) is 4.07. The Labute approximate surface area is 125 Å². The van der Waals surface area contributed by atoms with Gasteiger partial charge >= 0.3 is 0 Å². The van der Waals surface area contributed by atoms with Crippen molar-refractivity contribution in [3.8, 4) is 0 Å². The maximum atomic E-state index is 11.9. The maximum Gasteiger partial charge on any atom is 0.246 e. The molecular formula is C10H13Br3N2O2. The lowest BCUT2D eigenvalue weighted by Gasteiger charge is -2.15. The van der Waals surface area contributed by atoms with Gasteiger partial charge in [-0.15, -0.1) is 0 Å². The summed E-state index contributed by atoms with van der Waals surface area (Å²) in [6.07, 6.45) is 1.49. The van der Waals surface area contributed by atoms with Crippen LogP contribution in [0.5, 0.6) is 0 Å². The lowest BCUT2D eigenvalue weighted by atomic mass is 10.1. The molecule has 17 heavy (non-hydrogen) atoms. The van der Waals surface area contributed by atoms with E-state index >= 15 is 0 Å². The molecular weight excluding hydrogens is 420 g/mol. The topological polar surface area (TPSA) is 58.2 Å². The van der Waals surface area contributed by atoms with Gasteiger partial charge in [0, 0.05) is 4.83 Å². The molecule has 2 saturated carbocycles. The minimum Gasteiger partial charge on any atom is -0.273 e. The van der Waals surface area contributed by atoms with Crippen LogP contribution in [0.15, 0.2) is 0 Å². The first-order chi connectivity index (χ1) is 7.63. The Hall–Kier alpha value is 0.380. The fourth-order valence-electron chi connectivity index (χ4n) is 1.59. The first-order valence-corrected chi connectivity index (χ1v) is 7.76. The summed E-state index contributed by atoms with van der Waals surface area (Å²) in [5.74, 6) is -0.332. The van der Waals surface area contributed by atoms with Gasteiger partial charge < -0.3 is 0 Å².